The lowest BCUT2D eigenvalue weighted by atomic mass is 10.1. The van der Waals surface area contributed by atoms with Crippen molar-refractivity contribution in [2.75, 3.05) is 31.1 Å². The summed E-state index contributed by atoms with van der Waals surface area (Å²) in [5.74, 6) is 6.08. The van der Waals surface area contributed by atoms with E-state index < -0.39 is 10.0 Å². The van der Waals surface area contributed by atoms with Gasteiger partial charge < -0.3 is 14.5 Å². The van der Waals surface area contributed by atoms with Crippen LogP contribution >= 0.6 is 0 Å². The highest BCUT2D eigenvalue weighted by atomic mass is 32.2. The Morgan fingerprint density at radius 2 is 1.84 bits per heavy atom. The van der Waals surface area contributed by atoms with Crippen LogP contribution in [-0.2, 0) is 21.4 Å². The second kappa shape index (κ2) is 10.3. The van der Waals surface area contributed by atoms with Gasteiger partial charge in [0.1, 0.15) is 12.6 Å². The number of sulfonamides is 1. The average molecular weight is 442 g/mol. The van der Waals surface area contributed by atoms with E-state index in [4.69, 9.17) is 4.74 Å². The Kier molecular flexibility index (Phi) is 7.55. The molecule has 1 fully saturated rings. The number of carbonyl (C=O) groups is 1. The Labute approximate surface area is 184 Å². The van der Waals surface area contributed by atoms with Crippen LogP contribution in [0.3, 0.4) is 0 Å². The van der Waals surface area contributed by atoms with Gasteiger partial charge in [-0.05, 0) is 36.8 Å². The van der Waals surface area contributed by atoms with Gasteiger partial charge in [-0.2, -0.15) is 0 Å². The van der Waals surface area contributed by atoms with Crippen LogP contribution < -0.4 is 9.62 Å². The summed E-state index contributed by atoms with van der Waals surface area (Å²) in [5.41, 5.74) is 1.80. The molecular formula is C23H27N3O4S. The fourth-order valence-corrected chi connectivity index (χ4v) is 4.49. The van der Waals surface area contributed by atoms with E-state index in [-0.39, 0.29) is 23.6 Å². The fraction of sp³-hybridized carbons (Fsp3) is 0.348. The molecule has 1 unspecified atom stereocenters. The number of piperazine rings is 1. The summed E-state index contributed by atoms with van der Waals surface area (Å²) >= 11 is 0. The van der Waals surface area contributed by atoms with E-state index >= 15 is 0 Å². The number of hydrogen-bond acceptors (Lipinski definition) is 5. The highest BCUT2D eigenvalue weighted by molar-refractivity contribution is 7.89. The van der Waals surface area contributed by atoms with Gasteiger partial charge in [0.15, 0.2) is 0 Å². The van der Waals surface area contributed by atoms with E-state index in [1.165, 1.54) is 0 Å². The van der Waals surface area contributed by atoms with E-state index in [2.05, 4.69) is 21.5 Å². The maximum atomic E-state index is 12.5. The number of benzene rings is 2. The topological polar surface area (TPSA) is 79.0 Å². The van der Waals surface area contributed by atoms with Crippen molar-refractivity contribution in [3.05, 3.63) is 60.2 Å². The Morgan fingerprint density at radius 3 is 2.48 bits per heavy atom. The molecule has 1 heterocycles. The zero-order chi connectivity index (χ0) is 22.3. The monoisotopic (exact) mass is 441 g/mol. The number of nitrogens with one attached hydrogen (secondary N) is 1. The molecule has 1 saturated heterocycles. The van der Waals surface area contributed by atoms with Crippen LogP contribution in [0.4, 0.5) is 10.5 Å². The van der Waals surface area contributed by atoms with Gasteiger partial charge in [-0.15, -0.1) is 5.92 Å². The highest BCUT2D eigenvalue weighted by Crippen LogP contribution is 2.23. The van der Waals surface area contributed by atoms with Gasteiger partial charge in [0.2, 0.25) is 10.0 Å². The molecule has 1 aliphatic rings. The van der Waals surface area contributed by atoms with E-state index in [1.807, 2.05) is 30.3 Å². The van der Waals surface area contributed by atoms with Gasteiger partial charge in [0.05, 0.1) is 11.4 Å². The second-order valence-corrected chi connectivity index (χ2v) is 8.85. The zero-order valence-corrected chi connectivity index (χ0v) is 18.6. The van der Waals surface area contributed by atoms with Crippen molar-refractivity contribution >= 4 is 21.8 Å². The quantitative estimate of drug-likeness (QED) is 0.698. The molecule has 0 radical (unpaired) electrons. The molecule has 8 heteroatoms. The molecule has 0 spiro atoms. The lowest BCUT2D eigenvalue weighted by molar-refractivity contribution is 0.0916. The summed E-state index contributed by atoms with van der Waals surface area (Å²) in [7, 11) is -3.50. The molecule has 1 N–H and O–H groups in total. The summed E-state index contributed by atoms with van der Waals surface area (Å²) < 4.78 is 32.3. The van der Waals surface area contributed by atoms with Crippen molar-refractivity contribution in [3.8, 4) is 11.8 Å². The van der Waals surface area contributed by atoms with E-state index in [0.717, 1.165) is 11.3 Å². The third-order valence-corrected chi connectivity index (χ3v) is 6.53. The maximum Gasteiger partial charge on any atom is 0.410 e. The van der Waals surface area contributed by atoms with Crippen molar-refractivity contribution in [1.29, 1.82) is 0 Å². The lowest BCUT2D eigenvalue weighted by Crippen LogP contribution is -2.54. The van der Waals surface area contributed by atoms with Crippen molar-refractivity contribution in [2.45, 2.75) is 31.4 Å². The van der Waals surface area contributed by atoms with Crippen LogP contribution in [0.5, 0.6) is 0 Å². The van der Waals surface area contributed by atoms with Crippen molar-refractivity contribution in [2.24, 2.45) is 0 Å². The summed E-state index contributed by atoms with van der Waals surface area (Å²) in [6.07, 6.45) is -0.363. The van der Waals surface area contributed by atoms with Crippen molar-refractivity contribution in [3.63, 3.8) is 0 Å². The average Bonchev–Trinajstić information content (AvgIpc) is 2.78. The molecule has 7 nitrogen and oxygen atoms in total. The van der Waals surface area contributed by atoms with Crippen LogP contribution in [0.25, 0.3) is 0 Å². The van der Waals surface area contributed by atoms with Gasteiger partial charge in [0, 0.05) is 25.3 Å². The summed E-state index contributed by atoms with van der Waals surface area (Å²) in [6.45, 7) is 5.53. The van der Waals surface area contributed by atoms with Gasteiger partial charge in [-0.3, -0.25) is 0 Å². The molecule has 31 heavy (non-hydrogen) atoms. The number of hydrogen-bond donors (Lipinski definition) is 1. The van der Waals surface area contributed by atoms with Crippen LogP contribution in [0.1, 0.15) is 19.4 Å². The van der Waals surface area contributed by atoms with Crippen molar-refractivity contribution in [1.82, 2.24) is 9.62 Å². The number of amides is 1. The molecule has 0 aromatic heterocycles. The molecule has 1 aliphatic heterocycles. The van der Waals surface area contributed by atoms with Gasteiger partial charge in [-0.1, -0.05) is 43.2 Å². The number of rotatable bonds is 6. The summed E-state index contributed by atoms with van der Waals surface area (Å²) in [4.78, 5) is 16.5. The molecular weight excluding hydrogens is 414 g/mol. The minimum absolute atomic E-state index is 0.209. The Bertz CT molecular complexity index is 1040. The number of ether oxygens (including phenoxy) is 1. The number of carbonyl (C=O) groups excluding carboxylic acids is 1. The summed E-state index contributed by atoms with van der Waals surface area (Å²) in [6, 6.07) is 16.1. The summed E-state index contributed by atoms with van der Waals surface area (Å²) in [5, 5.41) is 0. The maximum absolute atomic E-state index is 12.5. The normalized spacial score (nSPS) is 16.4. The standard InChI is InChI=1S/C23H27N3O4S/c1-3-8-21-17-25(23(27)30-18-19-9-6-5-7-10-19)15-16-26(21)20-11-13-22(14-12-20)31(28,29)24-4-2/h5-7,9-14,21,24H,4,15-18H2,1-2H3. The minimum Gasteiger partial charge on any atom is -0.445 e. The van der Waals surface area contributed by atoms with Crippen LogP contribution in [0.15, 0.2) is 59.5 Å². The molecule has 0 saturated carbocycles. The fourth-order valence-electron chi connectivity index (χ4n) is 3.45. The molecule has 2 aromatic carbocycles. The molecule has 2 aromatic rings. The minimum atomic E-state index is -3.50. The van der Waals surface area contributed by atoms with Crippen LogP contribution in [0.2, 0.25) is 0 Å². The van der Waals surface area contributed by atoms with E-state index in [9.17, 15) is 13.2 Å². The molecule has 3 rings (SSSR count). The third kappa shape index (κ3) is 5.78. The predicted molar refractivity (Wildman–Crippen MR) is 120 cm³/mol. The second-order valence-electron chi connectivity index (χ2n) is 7.08. The Balaban J connectivity index is 1.67. The first-order valence-corrected chi connectivity index (χ1v) is 11.7. The first-order chi connectivity index (χ1) is 14.9. The predicted octanol–water partition coefficient (Wildman–Crippen LogP) is 2.84. The smallest absolute Gasteiger partial charge is 0.410 e. The van der Waals surface area contributed by atoms with Crippen molar-refractivity contribution < 1.29 is 17.9 Å². The largest absolute Gasteiger partial charge is 0.445 e. The molecule has 0 aliphatic carbocycles. The number of nitrogens with zero attached hydrogens (tertiary/aromatic N) is 2. The Morgan fingerprint density at radius 1 is 1.13 bits per heavy atom. The molecule has 1 atom stereocenters. The van der Waals surface area contributed by atoms with E-state index in [1.54, 1.807) is 43.0 Å². The third-order valence-electron chi connectivity index (χ3n) is 4.97. The highest BCUT2D eigenvalue weighted by Gasteiger charge is 2.29. The first kappa shape index (κ1) is 22.7. The van der Waals surface area contributed by atoms with Gasteiger partial charge in [0.25, 0.3) is 0 Å². The number of anilines is 1. The van der Waals surface area contributed by atoms with Gasteiger partial charge >= 0.3 is 6.09 Å². The zero-order valence-electron chi connectivity index (χ0n) is 17.7. The first-order valence-electron chi connectivity index (χ1n) is 10.2. The SMILES string of the molecule is CC#CC1CN(C(=O)OCc2ccccc2)CCN1c1ccc(S(=O)(=O)NCC)cc1. The lowest BCUT2D eigenvalue weighted by Gasteiger charge is -2.40. The molecule has 164 valence electrons. The van der Waals surface area contributed by atoms with E-state index in [0.29, 0.717) is 26.2 Å². The molecule has 1 amide bonds. The molecule has 0 bridgehead atoms. The Hall–Kier alpha value is -3.02. The van der Waals surface area contributed by atoms with Crippen LogP contribution in [0, 0.1) is 11.8 Å². The van der Waals surface area contributed by atoms with Gasteiger partial charge in [-0.25, -0.2) is 17.9 Å². The van der Waals surface area contributed by atoms with Crippen LogP contribution in [-0.4, -0.2) is 51.6 Å².